The quantitative estimate of drug-likeness (QED) is 0.170. The number of aromatic nitrogens is 4. The lowest BCUT2D eigenvalue weighted by Gasteiger charge is -2.52. The highest BCUT2D eigenvalue weighted by Gasteiger charge is 2.65. The van der Waals surface area contributed by atoms with E-state index in [1.165, 1.54) is 0 Å². The van der Waals surface area contributed by atoms with E-state index in [1.54, 1.807) is 26.0 Å². The van der Waals surface area contributed by atoms with Gasteiger partial charge in [0, 0.05) is 10.4 Å². The van der Waals surface area contributed by atoms with E-state index in [0.717, 1.165) is 33.9 Å². The molecular formula is C36H36N6O3S. The zero-order valence-electron chi connectivity index (χ0n) is 26.2. The lowest BCUT2D eigenvalue weighted by Crippen LogP contribution is -2.68. The van der Waals surface area contributed by atoms with E-state index in [9.17, 15) is 4.79 Å². The average Bonchev–Trinajstić information content (AvgIpc) is 3.64. The van der Waals surface area contributed by atoms with Crippen molar-refractivity contribution in [3.05, 3.63) is 132 Å². The van der Waals surface area contributed by atoms with Gasteiger partial charge in [0.2, 0.25) is 5.91 Å². The molecule has 3 heterocycles. The van der Waals surface area contributed by atoms with Gasteiger partial charge in [0.15, 0.2) is 5.82 Å². The number of hydrogen-bond donors (Lipinski definition) is 0. The third kappa shape index (κ3) is 5.26. The second kappa shape index (κ2) is 12.2. The van der Waals surface area contributed by atoms with Crippen molar-refractivity contribution in [1.29, 1.82) is 0 Å². The Bertz CT molecular complexity index is 1800. The standard InChI is InChI=1S/C36H36N6O3S/c1-36(2)32(33-37-38-39-40(33)23-24-11-7-5-8-12-24)42-34(43)31(35(42)46-36)41(27-17-21-29(45-4)22-18-27)30(25-13-9-6-10-14-25)26-15-19-28(44-3)20-16-26/h5-22,30-32,35H,23H2,1-4H3/t30?,31?,32?,35-/m1/s1. The number of ether oxygens (including phenoxy) is 2. The van der Waals surface area contributed by atoms with Crippen molar-refractivity contribution in [2.75, 3.05) is 19.1 Å². The fraction of sp³-hybridized carbons (Fsp3) is 0.278. The van der Waals surface area contributed by atoms with Crippen LogP contribution in [0, 0.1) is 0 Å². The van der Waals surface area contributed by atoms with Crippen LogP contribution in [-0.4, -0.2) is 61.4 Å². The molecule has 10 heteroatoms. The molecule has 0 bridgehead atoms. The van der Waals surface area contributed by atoms with Crippen molar-refractivity contribution in [2.24, 2.45) is 0 Å². The highest BCUT2D eigenvalue weighted by atomic mass is 32.2. The number of amides is 1. The number of tetrazole rings is 1. The van der Waals surface area contributed by atoms with E-state index >= 15 is 0 Å². The summed E-state index contributed by atoms with van der Waals surface area (Å²) in [5, 5.41) is 12.8. The SMILES string of the molecule is COc1ccc(C(c2ccccc2)N(c2ccc(OC)cc2)C2C(=O)N3C(c4nnnn4Cc4ccccc4)C(C)(C)S[C@H]23)cc1. The van der Waals surface area contributed by atoms with E-state index in [4.69, 9.17) is 9.47 Å². The van der Waals surface area contributed by atoms with Gasteiger partial charge >= 0.3 is 0 Å². The lowest BCUT2D eigenvalue weighted by atomic mass is 9.90. The van der Waals surface area contributed by atoms with Crippen LogP contribution in [0.25, 0.3) is 0 Å². The molecule has 7 rings (SSSR count). The Morgan fingerprint density at radius 1 is 0.826 bits per heavy atom. The molecular weight excluding hydrogens is 597 g/mol. The number of carbonyl (C=O) groups is 1. The van der Waals surface area contributed by atoms with E-state index < -0.39 is 6.04 Å². The van der Waals surface area contributed by atoms with Crippen LogP contribution in [0.15, 0.2) is 109 Å². The Balaban J connectivity index is 1.31. The topological polar surface area (TPSA) is 85.6 Å². The van der Waals surface area contributed by atoms with Crippen LogP contribution >= 0.6 is 11.8 Å². The second-order valence-electron chi connectivity index (χ2n) is 12.1. The summed E-state index contributed by atoms with van der Waals surface area (Å²) < 4.78 is 12.5. The number of fused-ring (bicyclic) bond motifs is 1. The number of benzene rings is 4. The Morgan fingerprint density at radius 2 is 1.41 bits per heavy atom. The molecule has 0 saturated carbocycles. The van der Waals surface area contributed by atoms with Crippen LogP contribution in [0.2, 0.25) is 0 Å². The molecule has 0 spiro atoms. The fourth-order valence-corrected chi connectivity index (χ4v) is 8.39. The molecule has 46 heavy (non-hydrogen) atoms. The van der Waals surface area contributed by atoms with Crippen molar-refractivity contribution in [3.63, 3.8) is 0 Å². The predicted octanol–water partition coefficient (Wildman–Crippen LogP) is 6.14. The van der Waals surface area contributed by atoms with Gasteiger partial charge in [-0.15, -0.1) is 16.9 Å². The largest absolute Gasteiger partial charge is 0.497 e. The van der Waals surface area contributed by atoms with Crippen LogP contribution < -0.4 is 14.4 Å². The summed E-state index contributed by atoms with van der Waals surface area (Å²) in [4.78, 5) is 18.9. The van der Waals surface area contributed by atoms with Gasteiger partial charge in [0.05, 0.1) is 26.8 Å². The Kier molecular flexibility index (Phi) is 7.90. The molecule has 2 aliphatic heterocycles. The lowest BCUT2D eigenvalue weighted by molar-refractivity contribution is -0.148. The molecule has 234 valence electrons. The van der Waals surface area contributed by atoms with Crippen LogP contribution in [0.3, 0.4) is 0 Å². The van der Waals surface area contributed by atoms with Crippen LogP contribution in [-0.2, 0) is 11.3 Å². The molecule has 0 radical (unpaired) electrons. The number of β-lactam (4-membered cyclic amide) rings is 1. The van der Waals surface area contributed by atoms with Crippen molar-refractivity contribution in [1.82, 2.24) is 25.1 Å². The molecule has 2 saturated heterocycles. The van der Waals surface area contributed by atoms with Crippen molar-refractivity contribution >= 4 is 23.4 Å². The molecule has 3 unspecified atom stereocenters. The predicted molar refractivity (Wildman–Crippen MR) is 179 cm³/mol. The van der Waals surface area contributed by atoms with Gasteiger partial charge in [0.25, 0.3) is 0 Å². The van der Waals surface area contributed by atoms with Gasteiger partial charge in [-0.25, -0.2) is 4.68 Å². The monoisotopic (exact) mass is 632 g/mol. The first-order chi connectivity index (χ1) is 22.4. The van der Waals surface area contributed by atoms with Gasteiger partial charge in [-0.3, -0.25) is 4.79 Å². The van der Waals surface area contributed by atoms with Gasteiger partial charge in [0.1, 0.15) is 29.0 Å². The van der Waals surface area contributed by atoms with Crippen LogP contribution in [0.5, 0.6) is 11.5 Å². The molecule has 0 aliphatic carbocycles. The van der Waals surface area contributed by atoms with Crippen molar-refractivity contribution < 1.29 is 14.3 Å². The van der Waals surface area contributed by atoms with Gasteiger partial charge in [-0.05, 0) is 77.4 Å². The molecule has 4 aromatic carbocycles. The van der Waals surface area contributed by atoms with Crippen molar-refractivity contribution in [3.8, 4) is 11.5 Å². The number of rotatable bonds is 10. The summed E-state index contributed by atoms with van der Waals surface area (Å²) in [5.74, 6) is 2.28. The summed E-state index contributed by atoms with van der Waals surface area (Å²) in [6.45, 7) is 4.90. The maximum atomic E-state index is 14.7. The number of anilines is 1. The third-order valence-corrected chi connectivity index (χ3v) is 10.4. The van der Waals surface area contributed by atoms with E-state index in [1.807, 2.05) is 82.4 Å². The summed E-state index contributed by atoms with van der Waals surface area (Å²) in [5.41, 5.74) is 4.17. The molecule has 4 atom stereocenters. The first kappa shape index (κ1) is 29.9. The Morgan fingerprint density at radius 3 is 2.04 bits per heavy atom. The third-order valence-electron chi connectivity index (χ3n) is 8.89. The second-order valence-corrected chi connectivity index (χ2v) is 13.8. The number of hydrogen-bond acceptors (Lipinski definition) is 8. The minimum absolute atomic E-state index is 0.0487. The molecule has 0 N–H and O–H groups in total. The Labute approximate surface area is 273 Å². The smallest absolute Gasteiger partial charge is 0.250 e. The zero-order chi connectivity index (χ0) is 31.8. The fourth-order valence-electron chi connectivity index (χ4n) is 6.70. The highest BCUT2D eigenvalue weighted by Crippen LogP contribution is 2.59. The minimum Gasteiger partial charge on any atom is -0.497 e. The molecule has 5 aromatic rings. The minimum atomic E-state index is -0.437. The highest BCUT2D eigenvalue weighted by molar-refractivity contribution is 8.01. The van der Waals surface area contributed by atoms with Gasteiger partial charge in [-0.2, -0.15) is 0 Å². The van der Waals surface area contributed by atoms with Crippen molar-refractivity contribution in [2.45, 2.75) is 48.6 Å². The van der Waals surface area contributed by atoms with E-state index in [-0.39, 0.29) is 28.1 Å². The first-order valence-electron chi connectivity index (χ1n) is 15.3. The van der Waals surface area contributed by atoms with Crippen LogP contribution in [0.1, 0.15) is 48.4 Å². The summed E-state index contributed by atoms with van der Waals surface area (Å²) in [6, 6.07) is 35.6. The summed E-state index contributed by atoms with van der Waals surface area (Å²) in [6.07, 6.45) is 0. The molecule has 9 nitrogen and oxygen atoms in total. The molecule has 2 fully saturated rings. The van der Waals surface area contributed by atoms with E-state index in [0.29, 0.717) is 12.4 Å². The number of nitrogens with zero attached hydrogens (tertiary/aromatic N) is 6. The van der Waals surface area contributed by atoms with Gasteiger partial charge < -0.3 is 19.3 Å². The van der Waals surface area contributed by atoms with Crippen LogP contribution in [0.4, 0.5) is 5.69 Å². The first-order valence-corrected chi connectivity index (χ1v) is 16.2. The van der Waals surface area contributed by atoms with Gasteiger partial charge in [-0.1, -0.05) is 72.8 Å². The summed E-state index contributed by atoms with van der Waals surface area (Å²) >= 11 is 1.81. The normalized spacial score (nSPS) is 20.5. The zero-order valence-corrected chi connectivity index (χ0v) is 27.0. The average molecular weight is 633 g/mol. The Hall–Kier alpha value is -4.83. The van der Waals surface area contributed by atoms with E-state index in [2.05, 4.69) is 70.7 Å². The molecule has 1 amide bonds. The maximum absolute atomic E-state index is 14.7. The number of carbonyl (C=O) groups excluding carboxylic acids is 1. The number of methoxy groups -OCH3 is 2. The summed E-state index contributed by atoms with van der Waals surface area (Å²) in [7, 11) is 3.33. The molecule has 2 aliphatic rings. The number of thioether (sulfide) groups is 1. The maximum Gasteiger partial charge on any atom is 0.250 e. The molecule has 1 aromatic heterocycles.